The zero-order chi connectivity index (χ0) is 19.5. The van der Waals surface area contributed by atoms with Crippen LogP contribution < -0.4 is 0 Å². The lowest BCUT2D eigenvalue weighted by atomic mass is 9.97. The number of rotatable bonds is 6. The number of thioether (sulfide) groups is 1. The van der Waals surface area contributed by atoms with E-state index in [-0.39, 0.29) is 17.8 Å². The van der Waals surface area contributed by atoms with Crippen LogP contribution in [0, 0.1) is 5.92 Å². The molecule has 0 N–H and O–H groups in total. The first kappa shape index (κ1) is 18.9. The highest BCUT2D eigenvalue weighted by Crippen LogP contribution is 2.41. The molecule has 1 amide bonds. The number of hydrogen-bond acceptors (Lipinski definition) is 7. The summed E-state index contributed by atoms with van der Waals surface area (Å²) in [5.41, 5.74) is 0.984. The van der Waals surface area contributed by atoms with Gasteiger partial charge in [-0.1, -0.05) is 11.8 Å². The van der Waals surface area contributed by atoms with Crippen LogP contribution in [0.2, 0.25) is 0 Å². The summed E-state index contributed by atoms with van der Waals surface area (Å²) in [5, 5.41) is 9.49. The number of pyridine rings is 1. The number of carbonyl (C=O) groups is 2. The Balaban J connectivity index is 1.38. The number of ether oxygens (including phenoxy) is 1. The lowest BCUT2D eigenvalue weighted by molar-refractivity contribution is -0.148. The summed E-state index contributed by atoms with van der Waals surface area (Å²) in [5.74, 6) is 0.956. The Morgan fingerprint density at radius 2 is 1.86 bits per heavy atom. The zero-order valence-corrected chi connectivity index (χ0v) is 16.6. The maximum Gasteiger partial charge on any atom is 0.308 e. The van der Waals surface area contributed by atoms with E-state index in [9.17, 15) is 9.59 Å². The maximum atomic E-state index is 12.6. The molecule has 2 aliphatic rings. The second-order valence-corrected chi connectivity index (χ2v) is 8.05. The monoisotopic (exact) mass is 401 g/mol. The fraction of sp³-hybridized carbons (Fsp3) is 0.526. The molecule has 4 rings (SSSR count). The van der Waals surface area contributed by atoms with Gasteiger partial charge in [0.15, 0.2) is 11.0 Å². The highest BCUT2D eigenvalue weighted by atomic mass is 32.2. The van der Waals surface area contributed by atoms with Gasteiger partial charge in [-0.2, -0.15) is 0 Å². The largest absolute Gasteiger partial charge is 0.469 e. The number of likely N-dealkylation sites (tertiary alicyclic amines) is 1. The third kappa shape index (κ3) is 4.04. The average Bonchev–Trinajstić information content (AvgIpc) is 3.51. The van der Waals surface area contributed by atoms with Crippen molar-refractivity contribution < 1.29 is 14.3 Å². The molecule has 0 atom stereocenters. The van der Waals surface area contributed by atoms with Gasteiger partial charge in [-0.15, -0.1) is 10.2 Å². The molecule has 1 saturated carbocycles. The lowest BCUT2D eigenvalue weighted by Crippen LogP contribution is -2.41. The van der Waals surface area contributed by atoms with E-state index in [0.29, 0.717) is 37.7 Å². The highest BCUT2D eigenvalue weighted by molar-refractivity contribution is 7.99. The van der Waals surface area contributed by atoms with E-state index in [4.69, 9.17) is 4.74 Å². The molecule has 148 valence electrons. The molecule has 0 radical (unpaired) electrons. The van der Waals surface area contributed by atoms with Crippen molar-refractivity contribution in [2.75, 3.05) is 26.0 Å². The van der Waals surface area contributed by atoms with Gasteiger partial charge in [0.05, 0.1) is 18.8 Å². The van der Waals surface area contributed by atoms with Crippen molar-refractivity contribution in [1.29, 1.82) is 0 Å². The standard InChI is InChI=1S/C19H23N5O3S/c1-27-18(26)14-6-10-23(11-7-14)16(25)12-28-19-22-21-17(24(19)15-2-3-15)13-4-8-20-9-5-13/h4-5,8-9,14-15H,2-3,6-7,10-12H2,1H3. The van der Waals surface area contributed by atoms with Crippen molar-refractivity contribution in [3.63, 3.8) is 0 Å². The van der Waals surface area contributed by atoms with Crippen molar-refractivity contribution in [3.05, 3.63) is 24.5 Å². The number of amides is 1. The van der Waals surface area contributed by atoms with Gasteiger partial charge in [-0.05, 0) is 37.8 Å². The van der Waals surface area contributed by atoms with Crippen LogP contribution in [-0.4, -0.2) is 62.5 Å². The molecule has 0 spiro atoms. The van der Waals surface area contributed by atoms with E-state index in [1.54, 1.807) is 12.4 Å². The molecule has 1 saturated heterocycles. The van der Waals surface area contributed by atoms with E-state index in [1.165, 1.54) is 18.9 Å². The molecule has 2 fully saturated rings. The Labute approximate surface area is 167 Å². The number of carbonyl (C=O) groups excluding carboxylic acids is 2. The van der Waals surface area contributed by atoms with E-state index in [0.717, 1.165) is 29.4 Å². The summed E-state index contributed by atoms with van der Waals surface area (Å²) in [6.45, 7) is 1.19. The predicted molar refractivity (Wildman–Crippen MR) is 104 cm³/mol. The van der Waals surface area contributed by atoms with Crippen molar-refractivity contribution in [1.82, 2.24) is 24.6 Å². The van der Waals surface area contributed by atoms with Gasteiger partial charge in [0.25, 0.3) is 0 Å². The molecule has 1 aliphatic carbocycles. The fourth-order valence-electron chi connectivity index (χ4n) is 3.48. The first-order valence-electron chi connectivity index (χ1n) is 9.51. The van der Waals surface area contributed by atoms with Crippen LogP contribution in [0.15, 0.2) is 29.7 Å². The molecule has 2 aromatic heterocycles. The Bertz CT molecular complexity index is 845. The molecule has 28 heavy (non-hydrogen) atoms. The number of esters is 1. The minimum Gasteiger partial charge on any atom is -0.469 e. The molecular formula is C19H23N5O3S. The van der Waals surface area contributed by atoms with Crippen LogP contribution in [0.1, 0.15) is 31.7 Å². The van der Waals surface area contributed by atoms with Gasteiger partial charge < -0.3 is 9.64 Å². The first-order valence-corrected chi connectivity index (χ1v) is 10.5. The fourth-order valence-corrected chi connectivity index (χ4v) is 4.39. The summed E-state index contributed by atoms with van der Waals surface area (Å²) in [6.07, 6.45) is 7.03. The molecule has 8 nitrogen and oxygen atoms in total. The number of hydrogen-bond donors (Lipinski definition) is 0. The number of piperidine rings is 1. The van der Waals surface area contributed by atoms with Crippen LogP contribution in [0.3, 0.4) is 0 Å². The lowest BCUT2D eigenvalue weighted by Gasteiger charge is -2.30. The predicted octanol–water partition coefficient (Wildman–Crippen LogP) is 2.18. The Hall–Kier alpha value is -2.42. The molecule has 9 heteroatoms. The molecule has 0 unspecified atom stereocenters. The summed E-state index contributed by atoms with van der Waals surface area (Å²) >= 11 is 1.44. The summed E-state index contributed by atoms with van der Waals surface area (Å²) in [6, 6.07) is 4.26. The molecule has 1 aliphatic heterocycles. The maximum absolute atomic E-state index is 12.6. The van der Waals surface area contributed by atoms with Crippen molar-refractivity contribution >= 4 is 23.6 Å². The quantitative estimate of drug-likeness (QED) is 0.541. The molecule has 0 bridgehead atoms. The van der Waals surface area contributed by atoms with E-state index in [2.05, 4.69) is 19.7 Å². The first-order chi connectivity index (χ1) is 13.7. The van der Waals surface area contributed by atoms with Crippen LogP contribution in [0.4, 0.5) is 0 Å². The van der Waals surface area contributed by atoms with Gasteiger partial charge in [0, 0.05) is 37.1 Å². The van der Waals surface area contributed by atoms with Crippen molar-refractivity contribution in [3.8, 4) is 11.4 Å². The molecule has 0 aromatic carbocycles. The van der Waals surface area contributed by atoms with E-state index in [1.807, 2.05) is 17.0 Å². The third-order valence-corrected chi connectivity index (χ3v) is 6.15. The number of methoxy groups -OCH3 is 1. The van der Waals surface area contributed by atoms with Gasteiger partial charge in [0.2, 0.25) is 5.91 Å². The number of nitrogens with zero attached hydrogens (tertiary/aromatic N) is 5. The van der Waals surface area contributed by atoms with Gasteiger partial charge >= 0.3 is 5.97 Å². The summed E-state index contributed by atoms with van der Waals surface area (Å²) < 4.78 is 6.95. The summed E-state index contributed by atoms with van der Waals surface area (Å²) in [7, 11) is 1.41. The summed E-state index contributed by atoms with van der Waals surface area (Å²) in [4.78, 5) is 30.1. The zero-order valence-electron chi connectivity index (χ0n) is 15.8. The SMILES string of the molecule is COC(=O)C1CCN(C(=O)CSc2nnc(-c3ccncc3)n2C2CC2)CC1. The van der Waals surface area contributed by atoms with Gasteiger partial charge in [-0.3, -0.25) is 19.1 Å². The van der Waals surface area contributed by atoms with Gasteiger partial charge in [-0.25, -0.2) is 0 Å². The van der Waals surface area contributed by atoms with Crippen LogP contribution >= 0.6 is 11.8 Å². The van der Waals surface area contributed by atoms with Gasteiger partial charge in [0.1, 0.15) is 0 Å². The molecular weight excluding hydrogens is 378 g/mol. The Morgan fingerprint density at radius 1 is 1.14 bits per heavy atom. The van der Waals surface area contributed by atoms with Crippen LogP contribution in [0.25, 0.3) is 11.4 Å². The molecule has 3 heterocycles. The number of aromatic nitrogens is 4. The minimum absolute atomic E-state index is 0.0733. The minimum atomic E-state index is -0.178. The Morgan fingerprint density at radius 3 is 2.50 bits per heavy atom. The van der Waals surface area contributed by atoms with Crippen LogP contribution in [0.5, 0.6) is 0 Å². The van der Waals surface area contributed by atoms with Crippen LogP contribution in [-0.2, 0) is 14.3 Å². The third-order valence-electron chi connectivity index (χ3n) is 5.22. The molecule has 2 aromatic rings. The normalized spacial score (nSPS) is 17.5. The smallest absolute Gasteiger partial charge is 0.308 e. The Kier molecular flexibility index (Phi) is 5.61. The van der Waals surface area contributed by atoms with Crippen molar-refractivity contribution in [2.24, 2.45) is 5.92 Å². The second kappa shape index (κ2) is 8.30. The highest BCUT2D eigenvalue weighted by Gasteiger charge is 2.31. The van der Waals surface area contributed by atoms with E-state index < -0.39 is 0 Å². The average molecular weight is 401 g/mol. The topological polar surface area (TPSA) is 90.2 Å². The van der Waals surface area contributed by atoms with E-state index >= 15 is 0 Å². The van der Waals surface area contributed by atoms with Crippen molar-refractivity contribution in [2.45, 2.75) is 36.9 Å². The second-order valence-electron chi connectivity index (χ2n) is 7.11.